The molecule has 2 aromatic rings. The molecule has 0 aromatic heterocycles. The maximum Gasteiger partial charge on any atom is 0.340 e. The molecule has 1 aliphatic carbocycles. The van der Waals surface area contributed by atoms with Crippen LogP contribution in [0.2, 0.25) is 0 Å². The molecule has 0 saturated heterocycles. The lowest BCUT2D eigenvalue weighted by Crippen LogP contribution is -2.31. The van der Waals surface area contributed by atoms with E-state index in [4.69, 9.17) is 9.47 Å². The minimum absolute atomic E-state index is 0.278. The van der Waals surface area contributed by atoms with Crippen LogP contribution in [-0.4, -0.2) is 24.6 Å². The molecule has 0 unspecified atom stereocenters. The van der Waals surface area contributed by atoms with Crippen molar-refractivity contribution in [3.63, 3.8) is 0 Å². The molecule has 0 spiro atoms. The van der Waals surface area contributed by atoms with E-state index in [1.807, 2.05) is 12.1 Å². The summed E-state index contributed by atoms with van der Waals surface area (Å²) in [5.41, 5.74) is 3.26. The fourth-order valence-electron chi connectivity index (χ4n) is 3.31. The van der Waals surface area contributed by atoms with Gasteiger partial charge in [-0.05, 0) is 68.9 Å². The van der Waals surface area contributed by atoms with Gasteiger partial charge in [-0.25, -0.2) is 4.79 Å². The van der Waals surface area contributed by atoms with Crippen LogP contribution in [0.3, 0.4) is 0 Å². The molecule has 1 N–H and O–H groups in total. The van der Waals surface area contributed by atoms with Crippen molar-refractivity contribution in [1.29, 1.82) is 0 Å². The molecule has 0 bridgehead atoms. The predicted molar refractivity (Wildman–Crippen MR) is 104 cm³/mol. The van der Waals surface area contributed by atoms with Crippen LogP contribution in [-0.2, 0) is 22.4 Å². The maximum absolute atomic E-state index is 12.6. The molecule has 1 atom stereocenters. The number of hydrogen-bond donors (Lipinski definition) is 1. The SMILES string of the molecule is CCOC(=O)c1ccccc1NC(=O)[C@H](C)Oc1cccc2c1CCCC2. The van der Waals surface area contributed by atoms with Crippen LogP contribution in [0.4, 0.5) is 5.69 Å². The highest BCUT2D eigenvalue weighted by atomic mass is 16.5. The number of nitrogens with one attached hydrogen (secondary N) is 1. The van der Waals surface area contributed by atoms with Crippen molar-refractivity contribution in [3.8, 4) is 5.75 Å². The van der Waals surface area contributed by atoms with E-state index in [1.165, 1.54) is 17.5 Å². The lowest BCUT2D eigenvalue weighted by Gasteiger charge is -2.22. The standard InChI is InChI=1S/C22H25NO4/c1-3-26-22(25)18-12-6-7-13-19(18)23-21(24)15(2)27-20-14-8-10-16-9-4-5-11-17(16)20/h6-8,10,12-15H,3-5,9,11H2,1-2H3,(H,23,24)/t15-/m0/s1. The van der Waals surface area contributed by atoms with Crippen molar-refractivity contribution in [2.75, 3.05) is 11.9 Å². The molecule has 142 valence electrons. The van der Waals surface area contributed by atoms with Gasteiger partial charge in [0.05, 0.1) is 17.9 Å². The second-order valence-corrected chi connectivity index (χ2v) is 6.62. The molecule has 5 nitrogen and oxygen atoms in total. The van der Waals surface area contributed by atoms with Crippen LogP contribution in [0.5, 0.6) is 5.75 Å². The number of hydrogen-bond acceptors (Lipinski definition) is 4. The third-order valence-corrected chi connectivity index (χ3v) is 4.71. The molecule has 5 heteroatoms. The third-order valence-electron chi connectivity index (χ3n) is 4.71. The molecular weight excluding hydrogens is 342 g/mol. The van der Waals surface area contributed by atoms with E-state index in [9.17, 15) is 9.59 Å². The average molecular weight is 367 g/mol. The first-order valence-electron chi connectivity index (χ1n) is 9.44. The second-order valence-electron chi connectivity index (χ2n) is 6.62. The van der Waals surface area contributed by atoms with Crippen LogP contribution < -0.4 is 10.1 Å². The molecule has 1 aliphatic rings. The number of benzene rings is 2. The number of aryl methyl sites for hydroxylation is 1. The Bertz CT molecular complexity index is 831. The van der Waals surface area contributed by atoms with Crippen molar-refractivity contribution in [2.45, 2.75) is 45.6 Å². The van der Waals surface area contributed by atoms with Crippen LogP contribution in [0.1, 0.15) is 48.2 Å². The van der Waals surface area contributed by atoms with Crippen molar-refractivity contribution in [2.24, 2.45) is 0 Å². The van der Waals surface area contributed by atoms with E-state index < -0.39 is 12.1 Å². The van der Waals surface area contributed by atoms with Crippen molar-refractivity contribution < 1.29 is 19.1 Å². The Hall–Kier alpha value is -2.82. The van der Waals surface area contributed by atoms with E-state index in [0.717, 1.165) is 25.0 Å². The molecule has 0 aliphatic heterocycles. The van der Waals surface area contributed by atoms with Crippen molar-refractivity contribution >= 4 is 17.6 Å². The number of anilines is 1. The first-order chi connectivity index (χ1) is 13.1. The minimum Gasteiger partial charge on any atom is -0.481 e. The van der Waals surface area contributed by atoms with Crippen LogP contribution in [0.15, 0.2) is 42.5 Å². The number of carbonyl (C=O) groups excluding carboxylic acids is 2. The summed E-state index contributed by atoms with van der Waals surface area (Å²) in [5.74, 6) is 0.00721. The second kappa shape index (κ2) is 8.71. The molecule has 0 radical (unpaired) electrons. The largest absolute Gasteiger partial charge is 0.481 e. The fraction of sp³-hybridized carbons (Fsp3) is 0.364. The molecule has 1 amide bonds. The lowest BCUT2D eigenvalue weighted by atomic mass is 9.91. The summed E-state index contributed by atoms with van der Waals surface area (Å²) in [6, 6.07) is 12.8. The zero-order chi connectivity index (χ0) is 19.2. The summed E-state index contributed by atoms with van der Waals surface area (Å²) in [7, 11) is 0. The Morgan fingerprint density at radius 2 is 1.85 bits per heavy atom. The van der Waals surface area contributed by atoms with Crippen LogP contribution >= 0.6 is 0 Å². The monoisotopic (exact) mass is 367 g/mol. The lowest BCUT2D eigenvalue weighted by molar-refractivity contribution is -0.122. The number of esters is 1. The Morgan fingerprint density at radius 1 is 1.07 bits per heavy atom. The van der Waals surface area contributed by atoms with Gasteiger partial charge in [-0.3, -0.25) is 4.79 Å². The van der Waals surface area contributed by atoms with E-state index in [-0.39, 0.29) is 12.5 Å². The molecular formula is C22H25NO4. The van der Waals surface area contributed by atoms with Crippen molar-refractivity contribution in [1.82, 2.24) is 0 Å². The van der Waals surface area contributed by atoms with E-state index >= 15 is 0 Å². The number of amides is 1. The van der Waals surface area contributed by atoms with Gasteiger partial charge in [0.2, 0.25) is 0 Å². The summed E-state index contributed by atoms with van der Waals surface area (Å²) in [6.45, 7) is 3.74. The Balaban J connectivity index is 1.72. The smallest absolute Gasteiger partial charge is 0.340 e. The van der Waals surface area contributed by atoms with Gasteiger partial charge in [-0.15, -0.1) is 0 Å². The number of ether oxygens (including phenoxy) is 2. The first-order valence-corrected chi connectivity index (χ1v) is 9.44. The van der Waals surface area contributed by atoms with Gasteiger partial charge in [0.1, 0.15) is 5.75 Å². The predicted octanol–water partition coefficient (Wildman–Crippen LogP) is 4.15. The van der Waals surface area contributed by atoms with Crippen molar-refractivity contribution in [3.05, 3.63) is 59.2 Å². The number of para-hydroxylation sites is 1. The maximum atomic E-state index is 12.6. The van der Waals surface area contributed by atoms with Gasteiger partial charge in [0.25, 0.3) is 5.91 Å². The van der Waals surface area contributed by atoms with E-state index in [1.54, 1.807) is 38.1 Å². The number of carbonyl (C=O) groups is 2. The molecule has 0 saturated carbocycles. The van der Waals surface area contributed by atoms with Gasteiger partial charge < -0.3 is 14.8 Å². The summed E-state index contributed by atoms with van der Waals surface area (Å²) < 4.78 is 11.0. The summed E-state index contributed by atoms with van der Waals surface area (Å²) in [5, 5.41) is 2.79. The zero-order valence-corrected chi connectivity index (χ0v) is 15.8. The molecule has 3 rings (SSSR count). The normalized spacial score (nSPS) is 14.0. The quantitative estimate of drug-likeness (QED) is 0.779. The van der Waals surface area contributed by atoms with Gasteiger partial charge >= 0.3 is 5.97 Å². The number of fused-ring (bicyclic) bond motifs is 1. The van der Waals surface area contributed by atoms with Crippen LogP contribution in [0.25, 0.3) is 0 Å². The summed E-state index contributed by atoms with van der Waals surface area (Å²) in [6.07, 6.45) is 3.68. The Labute approximate surface area is 159 Å². The summed E-state index contributed by atoms with van der Waals surface area (Å²) >= 11 is 0. The molecule has 0 fully saturated rings. The average Bonchev–Trinajstić information content (AvgIpc) is 2.69. The highest BCUT2D eigenvalue weighted by molar-refractivity contribution is 6.02. The van der Waals surface area contributed by atoms with Crippen LogP contribution in [0, 0.1) is 0 Å². The molecule has 27 heavy (non-hydrogen) atoms. The van der Waals surface area contributed by atoms with Gasteiger partial charge in [0, 0.05) is 0 Å². The fourth-order valence-corrected chi connectivity index (χ4v) is 3.31. The Kier molecular flexibility index (Phi) is 6.12. The van der Waals surface area contributed by atoms with E-state index in [2.05, 4.69) is 11.4 Å². The topological polar surface area (TPSA) is 64.6 Å². The highest BCUT2D eigenvalue weighted by Crippen LogP contribution is 2.30. The van der Waals surface area contributed by atoms with Gasteiger partial charge in [-0.1, -0.05) is 24.3 Å². The van der Waals surface area contributed by atoms with E-state index in [0.29, 0.717) is 11.3 Å². The number of rotatable bonds is 6. The Morgan fingerprint density at radius 3 is 2.67 bits per heavy atom. The third kappa shape index (κ3) is 4.48. The van der Waals surface area contributed by atoms with Gasteiger partial charge in [-0.2, -0.15) is 0 Å². The zero-order valence-electron chi connectivity index (χ0n) is 15.8. The highest BCUT2D eigenvalue weighted by Gasteiger charge is 2.21. The van der Waals surface area contributed by atoms with Gasteiger partial charge in [0.15, 0.2) is 6.10 Å². The summed E-state index contributed by atoms with van der Waals surface area (Å²) in [4.78, 5) is 24.7. The molecule has 0 heterocycles. The first kappa shape index (κ1) is 19.0. The molecule has 2 aromatic carbocycles. The minimum atomic E-state index is -0.686.